The molecule has 2 N–H and O–H groups in total. The molecule has 4 heteroatoms. The van der Waals surface area contributed by atoms with Crippen molar-refractivity contribution in [1.82, 2.24) is 0 Å². The molecule has 0 saturated heterocycles. The first kappa shape index (κ1) is 12.8. The fourth-order valence-electron chi connectivity index (χ4n) is 2.06. The highest BCUT2D eigenvalue weighted by Crippen LogP contribution is 2.31. The fourth-order valence-corrected chi connectivity index (χ4v) is 2.06. The number of ether oxygens (including phenoxy) is 1. The van der Waals surface area contributed by atoms with Crippen molar-refractivity contribution in [3.63, 3.8) is 0 Å². The van der Waals surface area contributed by atoms with Crippen molar-refractivity contribution in [1.29, 1.82) is 0 Å². The molecule has 0 spiro atoms. The van der Waals surface area contributed by atoms with Crippen molar-refractivity contribution in [3.8, 4) is 0 Å². The first-order chi connectivity index (χ1) is 8.53. The third-order valence-corrected chi connectivity index (χ3v) is 3.12. The van der Waals surface area contributed by atoms with Crippen LogP contribution in [0.3, 0.4) is 0 Å². The van der Waals surface area contributed by atoms with Crippen molar-refractivity contribution < 1.29 is 19.7 Å². The van der Waals surface area contributed by atoms with E-state index in [0.717, 1.165) is 0 Å². The van der Waals surface area contributed by atoms with Gasteiger partial charge in [-0.3, -0.25) is 0 Å². The summed E-state index contributed by atoms with van der Waals surface area (Å²) in [7, 11) is 0. The SMILES string of the molecule is C[C@]1(O)C[C@@H](OC(=O)c2ccccc2)C=C1CO. The lowest BCUT2D eigenvalue weighted by atomic mass is 9.99. The summed E-state index contributed by atoms with van der Waals surface area (Å²) in [6, 6.07) is 8.69. The predicted molar refractivity (Wildman–Crippen MR) is 66.1 cm³/mol. The average molecular weight is 248 g/mol. The molecule has 1 aliphatic rings. The minimum Gasteiger partial charge on any atom is -0.454 e. The van der Waals surface area contributed by atoms with E-state index in [-0.39, 0.29) is 13.0 Å². The van der Waals surface area contributed by atoms with Crippen molar-refractivity contribution >= 4 is 5.97 Å². The molecule has 2 atom stereocenters. The van der Waals surface area contributed by atoms with Crippen LogP contribution in [0, 0.1) is 0 Å². The quantitative estimate of drug-likeness (QED) is 0.624. The lowest BCUT2D eigenvalue weighted by Gasteiger charge is -2.20. The van der Waals surface area contributed by atoms with Crippen LogP contribution in [0.1, 0.15) is 23.7 Å². The van der Waals surface area contributed by atoms with Crippen LogP contribution in [-0.2, 0) is 4.74 Å². The molecule has 18 heavy (non-hydrogen) atoms. The summed E-state index contributed by atoms with van der Waals surface area (Å²) in [5.41, 5.74) is -0.132. The molecule has 0 bridgehead atoms. The molecule has 96 valence electrons. The number of rotatable bonds is 3. The van der Waals surface area contributed by atoms with Crippen LogP contribution < -0.4 is 0 Å². The summed E-state index contributed by atoms with van der Waals surface area (Å²) in [6.07, 6.45) is 1.40. The van der Waals surface area contributed by atoms with Crippen molar-refractivity contribution in [2.45, 2.75) is 25.0 Å². The molecule has 0 radical (unpaired) electrons. The zero-order valence-corrected chi connectivity index (χ0v) is 10.2. The number of hydrogen-bond acceptors (Lipinski definition) is 4. The van der Waals surface area contributed by atoms with Gasteiger partial charge in [0.25, 0.3) is 0 Å². The smallest absolute Gasteiger partial charge is 0.338 e. The second-order valence-electron chi connectivity index (χ2n) is 4.64. The van der Waals surface area contributed by atoms with E-state index < -0.39 is 17.7 Å². The van der Waals surface area contributed by atoms with E-state index in [2.05, 4.69) is 0 Å². The molecule has 1 aliphatic carbocycles. The molecule has 0 unspecified atom stereocenters. The third-order valence-electron chi connectivity index (χ3n) is 3.12. The van der Waals surface area contributed by atoms with E-state index in [4.69, 9.17) is 9.84 Å². The molecule has 2 rings (SSSR count). The van der Waals surface area contributed by atoms with Gasteiger partial charge in [0.05, 0.1) is 17.8 Å². The van der Waals surface area contributed by atoms with Gasteiger partial charge in [0, 0.05) is 6.42 Å². The van der Waals surface area contributed by atoms with Gasteiger partial charge in [0.1, 0.15) is 6.10 Å². The Morgan fingerprint density at radius 3 is 2.67 bits per heavy atom. The van der Waals surface area contributed by atoms with Gasteiger partial charge in [-0.1, -0.05) is 18.2 Å². The molecule has 0 saturated carbocycles. The first-order valence-electron chi connectivity index (χ1n) is 5.83. The number of esters is 1. The number of carbonyl (C=O) groups excluding carboxylic acids is 1. The van der Waals surface area contributed by atoms with Crippen molar-refractivity contribution in [3.05, 3.63) is 47.5 Å². The molecule has 1 aromatic rings. The van der Waals surface area contributed by atoms with Gasteiger partial charge in [-0.05, 0) is 30.7 Å². The van der Waals surface area contributed by atoms with E-state index in [1.54, 1.807) is 37.3 Å². The number of hydrogen-bond donors (Lipinski definition) is 2. The largest absolute Gasteiger partial charge is 0.454 e. The highest BCUT2D eigenvalue weighted by Gasteiger charge is 2.36. The molecule has 4 nitrogen and oxygen atoms in total. The first-order valence-corrected chi connectivity index (χ1v) is 5.83. The van der Waals surface area contributed by atoms with E-state index in [1.807, 2.05) is 6.07 Å². The van der Waals surface area contributed by atoms with Gasteiger partial charge in [-0.15, -0.1) is 0 Å². The van der Waals surface area contributed by atoms with Crippen LogP contribution in [0.15, 0.2) is 42.0 Å². The maximum absolute atomic E-state index is 11.8. The summed E-state index contributed by atoms with van der Waals surface area (Å²) in [5, 5.41) is 19.1. The summed E-state index contributed by atoms with van der Waals surface area (Å²) >= 11 is 0. The van der Waals surface area contributed by atoms with Crippen molar-refractivity contribution in [2.24, 2.45) is 0 Å². The van der Waals surface area contributed by atoms with Crippen LogP contribution in [0.5, 0.6) is 0 Å². The Kier molecular flexibility index (Phi) is 3.50. The van der Waals surface area contributed by atoms with Gasteiger partial charge >= 0.3 is 5.97 Å². The highest BCUT2D eigenvalue weighted by molar-refractivity contribution is 5.89. The van der Waals surface area contributed by atoms with Gasteiger partial charge in [-0.2, -0.15) is 0 Å². The zero-order chi connectivity index (χ0) is 13.2. The van der Waals surface area contributed by atoms with Crippen LogP contribution >= 0.6 is 0 Å². The Labute approximate surface area is 106 Å². The van der Waals surface area contributed by atoms with Gasteiger partial charge in [-0.25, -0.2) is 4.79 Å². The topological polar surface area (TPSA) is 66.8 Å². The summed E-state index contributed by atoms with van der Waals surface area (Å²) < 4.78 is 5.28. The molecule has 0 aromatic heterocycles. The van der Waals surface area contributed by atoms with Crippen LogP contribution in [0.25, 0.3) is 0 Å². The molecular formula is C14H16O4. The number of aliphatic hydroxyl groups is 2. The molecule has 0 amide bonds. The lowest BCUT2D eigenvalue weighted by molar-refractivity contribution is 0.0208. The van der Waals surface area contributed by atoms with E-state index in [0.29, 0.717) is 11.1 Å². The van der Waals surface area contributed by atoms with Crippen LogP contribution in [-0.4, -0.2) is 34.5 Å². The van der Waals surface area contributed by atoms with Crippen LogP contribution in [0.2, 0.25) is 0 Å². The Morgan fingerprint density at radius 2 is 2.11 bits per heavy atom. The molecule has 0 aliphatic heterocycles. The Balaban J connectivity index is 2.04. The zero-order valence-electron chi connectivity index (χ0n) is 10.2. The maximum atomic E-state index is 11.8. The Morgan fingerprint density at radius 1 is 1.44 bits per heavy atom. The third kappa shape index (κ3) is 2.60. The summed E-state index contributed by atoms with van der Waals surface area (Å²) in [5.74, 6) is -0.424. The van der Waals surface area contributed by atoms with Crippen molar-refractivity contribution in [2.75, 3.05) is 6.61 Å². The van der Waals surface area contributed by atoms with E-state index in [9.17, 15) is 9.90 Å². The average Bonchev–Trinajstić information content (AvgIpc) is 2.64. The molecule has 0 fully saturated rings. The number of aliphatic hydroxyl groups excluding tert-OH is 1. The van der Waals surface area contributed by atoms with Crippen LogP contribution in [0.4, 0.5) is 0 Å². The molecule has 1 aromatic carbocycles. The predicted octanol–water partition coefficient (Wildman–Crippen LogP) is 1.29. The lowest BCUT2D eigenvalue weighted by Crippen LogP contribution is -2.27. The van der Waals surface area contributed by atoms with Gasteiger partial charge < -0.3 is 14.9 Å². The highest BCUT2D eigenvalue weighted by atomic mass is 16.5. The minimum absolute atomic E-state index is 0.230. The molecular weight excluding hydrogens is 232 g/mol. The molecule has 0 heterocycles. The number of benzene rings is 1. The second kappa shape index (κ2) is 4.92. The fraction of sp³-hybridized carbons (Fsp3) is 0.357. The summed E-state index contributed by atoms with van der Waals surface area (Å²) in [6.45, 7) is 1.37. The number of carbonyl (C=O) groups is 1. The van der Waals surface area contributed by atoms with Gasteiger partial charge in [0.2, 0.25) is 0 Å². The standard InChI is InChI=1S/C14H16O4/c1-14(17)8-12(7-11(14)9-15)18-13(16)10-5-3-2-4-6-10/h2-7,12,15,17H,8-9H2,1H3/t12-,14-/m0/s1. The maximum Gasteiger partial charge on any atom is 0.338 e. The van der Waals surface area contributed by atoms with Gasteiger partial charge in [0.15, 0.2) is 0 Å². The monoisotopic (exact) mass is 248 g/mol. The normalized spacial score (nSPS) is 26.8. The Hall–Kier alpha value is -1.65. The second-order valence-corrected chi connectivity index (χ2v) is 4.64. The van der Waals surface area contributed by atoms with E-state index >= 15 is 0 Å². The van der Waals surface area contributed by atoms with E-state index in [1.165, 1.54) is 0 Å². The summed E-state index contributed by atoms with van der Waals surface area (Å²) in [4.78, 5) is 11.8. The minimum atomic E-state index is -1.10. The Bertz CT molecular complexity index is 462.